The maximum Gasteiger partial charge on any atom is 0.273 e. The number of halogens is 1. The molecule has 0 fully saturated rings. The molecule has 2 aromatic rings. The molecule has 0 aliphatic rings. The molecular weight excluding hydrogens is 346 g/mol. The number of hydrogen-bond acceptors (Lipinski definition) is 6. The van der Waals surface area contributed by atoms with E-state index in [0.717, 1.165) is 0 Å². The van der Waals surface area contributed by atoms with Crippen LogP contribution in [0.25, 0.3) is 0 Å². The van der Waals surface area contributed by atoms with Crippen molar-refractivity contribution in [3.05, 3.63) is 56.4 Å². The van der Waals surface area contributed by atoms with Crippen molar-refractivity contribution < 1.29 is 18.9 Å². The molecular formula is C12H10BrN3O5. The summed E-state index contributed by atoms with van der Waals surface area (Å²) in [6, 6.07) is 5.63. The predicted octanol–water partition coefficient (Wildman–Crippen LogP) is 2.13. The molecule has 1 amide bonds. The van der Waals surface area contributed by atoms with E-state index in [9.17, 15) is 14.9 Å². The van der Waals surface area contributed by atoms with E-state index >= 15 is 0 Å². The van der Waals surface area contributed by atoms with E-state index in [2.05, 4.69) is 15.9 Å². The molecule has 0 aliphatic carbocycles. The molecule has 2 rings (SSSR count). The molecule has 0 radical (unpaired) electrons. The van der Waals surface area contributed by atoms with Gasteiger partial charge in [-0.3, -0.25) is 20.3 Å². The van der Waals surface area contributed by atoms with Crippen molar-refractivity contribution in [3.63, 3.8) is 0 Å². The van der Waals surface area contributed by atoms with Gasteiger partial charge in [0, 0.05) is 6.07 Å². The number of benzene rings is 1. The second-order valence-electron chi connectivity index (χ2n) is 3.94. The van der Waals surface area contributed by atoms with Crippen molar-refractivity contribution in [2.45, 2.75) is 6.61 Å². The summed E-state index contributed by atoms with van der Waals surface area (Å²) in [5.74, 6) is 5.19. The number of hydrogen-bond donors (Lipinski definition) is 2. The van der Waals surface area contributed by atoms with Gasteiger partial charge >= 0.3 is 0 Å². The fourth-order valence-electron chi connectivity index (χ4n) is 1.52. The fraction of sp³-hybridized carbons (Fsp3) is 0.0833. The first kappa shape index (κ1) is 15.0. The molecule has 3 N–H and O–H groups in total. The summed E-state index contributed by atoms with van der Waals surface area (Å²) < 4.78 is 11.1. The van der Waals surface area contributed by atoms with Crippen molar-refractivity contribution >= 4 is 27.5 Å². The van der Waals surface area contributed by atoms with Gasteiger partial charge in [0.15, 0.2) is 0 Å². The second-order valence-corrected chi connectivity index (χ2v) is 4.79. The number of nitro benzene ring substituents is 1. The number of carbonyl (C=O) groups is 1. The van der Waals surface area contributed by atoms with Crippen molar-refractivity contribution in [2.24, 2.45) is 5.84 Å². The van der Waals surface area contributed by atoms with Gasteiger partial charge < -0.3 is 9.15 Å². The van der Waals surface area contributed by atoms with Crippen LogP contribution in [0, 0.1) is 10.1 Å². The van der Waals surface area contributed by atoms with Gasteiger partial charge in [0.2, 0.25) is 0 Å². The van der Waals surface area contributed by atoms with Crippen LogP contribution < -0.4 is 16.0 Å². The normalized spacial score (nSPS) is 10.2. The van der Waals surface area contributed by atoms with Crippen molar-refractivity contribution in [1.82, 2.24) is 5.43 Å². The lowest BCUT2D eigenvalue weighted by Gasteiger charge is -2.06. The molecule has 0 atom stereocenters. The van der Waals surface area contributed by atoms with Gasteiger partial charge in [-0.15, -0.1) is 0 Å². The molecule has 110 valence electrons. The Balaban J connectivity index is 2.09. The number of furan rings is 1. The zero-order valence-electron chi connectivity index (χ0n) is 10.5. The van der Waals surface area contributed by atoms with Crippen LogP contribution >= 0.6 is 15.9 Å². The standard InChI is InChI=1S/C12H10BrN3O5/c13-10-2-1-8(16(18)19)4-11(10)21-6-9-3-7(5-20-9)12(17)15-14/h1-5H,6,14H2,(H,15,17). The molecule has 21 heavy (non-hydrogen) atoms. The Bertz CT molecular complexity index is 685. The molecule has 0 bridgehead atoms. The van der Waals surface area contributed by atoms with Crippen molar-refractivity contribution in [2.75, 3.05) is 0 Å². The molecule has 0 aliphatic heterocycles. The van der Waals surface area contributed by atoms with Gasteiger partial charge in [-0.1, -0.05) is 0 Å². The largest absolute Gasteiger partial charge is 0.484 e. The number of non-ortho nitro benzene ring substituents is 1. The first-order valence-electron chi connectivity index (χ1n) is 5.66. The summed E-state index contributed by atoms with van der Waals surface area (Å²) in [6.45, 7) is 0.0115. The van der Waals surface area contributed by atoms with Crippen LogP contribution in [0.1, 0.15) is 16.1 Å². The topological polar surface area (TPSA) is 121 Å². The summed E-state index contributed by atoms with van der Waals surface area (Å²) in [5.41, 5.74) is 2.15. The fourth-order valence-corrected chi connectivity index (χ4v) is 1.88. The molecule has 9 heteroatoms. The van der Waals surface area contributed by atoms with Crippen LogP contribution in [0.15, 0.2) is 39.4 Å². The van der Waals surface area contributed by atoms with E-state index in [1.165, 1.54) is 30.5 Å². The Labute approximate surface area is 127 Å². The molecule has 0 saturated carbocycles. The Kier molecular flexibility index (Phi) is 4.55. The lowest BCUT2D eigenvalue weighted by molar-refractivity contribution is -0.385. The van der Waals surface area contributed by atoms with E-state index < -0.39 is 10.8 Å². The minimum atomic E-state index is -0.518. The maximum absolute atomic E-state index is 11.3. The van der Waals surface area contributed by atoms with Gasteiger partial charge in [0.1, 0.15) is 24.4 Å². The van der Waals surface area contributed by atoms with E-state index in [4.69, 9.17) is 15.0 Å². The minimum absolute atomic E-state index is 0.0115. The SMILES string of the molecule is NNC(=O)c1coc(COc2cc([N+](=O)[O-])ccc2Br)c1. The zero-order chi connectivity index (χ0) is 15.4. The third-order valence-corrected chi connectivity index (χ3v) is 3.20. The highest BCUT2D eigenvalue weighted by Gasteiger charge is 2.13. The second kappa shape index (κ2) is 6.37. The van der Waals surface area contributed by atoms with Crippen LogP contribution in [-0.4, -0.2) is 10.8 Å². The summed E-state index contributed by atoms with van der Waals surface area (Å²) in [7, 11) is 0. The van der Waals surface area contributed by atoms with E-state index in [0.29, 0.717) is 16.0 Å². The highest BCUT2D eigenvalue weighted by molar-refractivity contribution is 9.10. The van der Waals surface area contributed by atoms with Crippen molar-refractivity contribution in [1.29, 1.82) is 0 Å². The summed E-state index contributed by atoms with van der Waals surface area (Å²) >= 11 is 3.23. The first-order valence-corrected chi connectivity index (χ1v) is 6.45. The molecule has 0 unspecified atom stereocenters. The molecule has 0 spiro atoms. The number of nitrogens with two attached hydrogens (primary N) is 1. The molecule has 8 nitrogen and oxygen atoms in total. The Morgan fingerprint density at radius 3 is 2.90 bits per heavy atom. The quantitative estimate of drug-likeness (QED) is 0.366. The third-order valence-electron chi connectivity index (χ3n) is 2.54. The average Bonchev–Trinajstić information content (AvgIpc) is 2.94. The molecule has 1 aromatic heterocycles. The number of hydrazine groups is 1. The zero-order valence-corrected chi connectivity index (χ0v) is 12.1. The predicted molar refractivity (Wildman–Crippen MR) is 75.5 cm³/mol. The first-order chi connectivity index (χ1) is 10.0. The molecule has 0 saturated heterocycles. The average molecular weight is 356 g/mol. The third kappa shape index (κ3) is 3.58. The number of nitrogens with zero attached hydrogens (tertiary/aromatic N) is 1. The Morgan fingerprint density at radius 2 is 2.24 bits per heavy atom. The van der Waals surface area contributed by atoms with E-state index in [1.54, 1.807) is 0 Å². The number of nitrogens with one attached hydrogen (secondary N) is 1. The summed E-state index contributed by atoms with van der Waals surface area (Å²) in [6.07, 6.45) is 1.24. The summed E-state index contributed by atoms with van der Waals surface area (Å²) in [5, 5.41) is 10.7. The number of nitrogen functional groups attached to an aromatic ring is 1. The van der Waals surface area contributed by atoms with Crippen LogP contribution in [0.3, 0.4) is 0 Å². The highest BCUT2D eigenvalue weighted by Crippen LogP contribution is 2.30. The lowest BCUT2D eigenvalue weighted by atomic mass is 10.3. The molecule has 1 aromatic carbocycles. The number of rotatable bonds is 5. The van der Waals surface area contributed by atoms with Gasteiger partial charge in [0.25, 0.3) is 11.6 Å². The van der Waals surface area contributed by atoms with Crippen molar-refractivity contribution in [3.8, 4) is 5.75 Å². The Hall–Kier alpha value is -2.39. The van der Waals surface area contributed by atoms with Gasteiger partial charge in [0.05, 0.1) is 21.0 Å². The number of nitro groups is 1. The van der Waals surface area contributed by atoms with Crippen LogP contribution in [0.4, 0.5) is 5.69 Å². The monoisotopic (exact) mass is 355 g/mol. The smallest absolute Gasteiger partial charge is 0.273 e. The maximum atomic E-state index is 11.3. The van der Waals surface area contributed by atoms with Gasteiger partial charge in [-0.25, -0.2) is 5.84 Å². The van der Waals surface area contributed by atoms with E-state index in [1.807, 2.05) is 5.43 Å². The Morgan fingerprint density at radius 1 is 1.48 bits per heavy atom. The van der Waals surface area contributed by atoms with E-state index in [-0.39, 0.29) is 17.9 Å². The number of amides is 1. The van der Waals surface area contributed by atoms with Crippen LogP contribution in [0.5, 0.6) is 5.75 Å². The number of carbonyl (C=O) groups excluding carboxylic acids is 1. The summed E-state index contributed by atoms with van der Waals surface area (Å²) in [4.78, 5) is 21.4. The minimum Gasteiger partial charge on any atom is -0.484 e. The number of ether oxygens (including phenoxy) is 1. The van der Waals surface area contributed by atoms with Crippen LogP contribution in [0.2, 0.25) is 0 Å². The van der Waals surface area contributed by atoms with Crippen LogP contribution in [-0.2, 0) is 6.61 Å². The lowest BCUT2D eigenvalue weighted by Crippen LogP contribution is -2.29. The van der Waals surface area contributed by atoms with Gasteiger partial charge in [-0.2, -0.15) is 0 Å². The molecule has 1 heterocycles. The van der Waals surface area contributed by atoms with Gasteiger partial charge in [-0.05, 0) is 28.1 Å². The highest BCUT2D eigenvalue weighted by atomic mass is 79.9.